The first-order chi connectivity index (χ1) is 13.9. The van der Waals surface area contributed by atoms with Crippen LogP contribution in [0.25, 0.3) is 10.9 Å². The number of hydrogen-bond donors (Lipinski definition) is 0. The molecular formula is C21H21Cl2N3O3. The molecule has 1 aliphatic rings. The van der Waals surface area contributed by atoms with E-state index in [1.165, 1.54) is 6.33 Å². The summed E-state index contributed by atoms with van der Waals surface area (Å²) in [6.07, 6.45) is 3.70. The summed E-state index contributed by atoms with van der Waals surface area (Å²) in [6.45, 7) is 5.39. The first kappa shape index (κ1) is 20.1. The number of fused-ring (bicyclic) bond motifs is 1. The molecule has 1 aromatic carbocycles. The maximum absolute atomic E-state index is 12.8. The van der Waals surface area contributed by atoms with E-state index in [0.717, 1.165) is 37.4 Å². The summed E-state index contributed by atoms with van der Waals surface area (Å²) in [4.78, 5) is 21.2. The molecule has 0 radical (unpaired) electrons. The monoisotopic (exact) mass is 433 g/mol. The highest BCUT2D eigenvalue weighted by atomic mass is 35.5. The van der Waals surface area contributed by atoms with E-state index in [1.807, 2.05) is 19.9 Å². The third-order valence-corrected chi connectivity index (χ3v) is 5.75. The second-order valence-electron chi connectivity index (χ2n) is 7.20. The lowest BCUT2D eigenvalue weighted by Crippen LogP contribution is -2.18. The van der Waals surface area contributed by atoms with Gasteiger partial charge < -0.3 is 14.0 Å². The third-order valence-electron chi connectivity index (χ3n) is 5.24. The molecule has 0 aliphatic carbocycles. The number of ketones is 1. The quantitative estimate of drug-likeness (QED) is 0.522. The summed E-state index contributed by atoms with van der Waals surface area (Å²) in [5.41, 5.74) is 3.14. The van der Waals surface area contributed by atoms with Gasteiger partial charge in [-0.3, -0.25) is 4.79 Å². The van der Waals surface area contributed by atoms with Crippen LogP contribution in [0.15, 0.2) is 24.5 Å². The van der Waals surface area contributed by atoms with E-state index in [1.54, 1.807) is 12.1 Å². The Morgan fingerprint density at radius 1 is 1.28 bits per heavy atom. The molecule has 0 spiro atoms. The van der Waals surface area contributed by atoms with Gasteiger partial charge in [-0.05, 0) is 44.9 Å². The van der Waals surface area contributed by atoms with Gasteiger partial charge in [-0.25, -0.2) is 9.97 Å². The molecule has 2 aromatic heterocycles. The van der Waals surface area contributed by atoms with E-state index in [2.05, 4.69) is 14.5 Å². The second-order valence-corrected chi connectivity index (χ2v) is 8.05. The van der Waals surface area contributed by atoms with E-state index in [0.29, 0.717) is 26.5 Å². The van der Waals surface area contributed by atoms with Crippen molar-refractivity contribution < 1.29 is 14.3 Å². The summed E-state index contributed by atoms with van der Waals surface area (Å²) in [6, 6.07) is 5.19. The smallest absolute Gasteiger partial charge is 0.225 e. The summed E-state index contributed by atoms with van der Waals surface area (Å²) in [5.74, 6) is 0.164. The highest BCUT2D eigenvalue weighted by Crippen LogP contribution is 2.31. The molecule has 6 nitrogen and oxygen atoms in total. The van der Waals surface area contributed by atoms with Crippen molar-refractivity contribution in [3.05, 3.63) is 51.5 Å². The molecule has 8 heteroatoms. The molecule has 1 aliphatic heterocycles. The molecular weight excluding hydrogens is 413 g/mol. The Labute approximate surface area is 178 Å². The number of carbonyl (C=O) groups excluding carboxylic acids is 1. The summed E-state index contributed by atoms with van der Waals surface area (Å²) in [7, 11) is 0. The van der Waals surface area contributed by atoms with Crippen LogP contribution in [-0.4, -0.2) is 39.6 Å². The Morgan fingerprint density at radius 2 is 2.10 bits per heavy atom. The maximum atomic E-state index is 12.8. The molecule has 152 valence electrons. The lowest BCUT2D eigenvalue weighted by Gasteiger charge is -2.15. The molecule has 0 amide bonds. The van der Waals surface area contributed by atoms with Gasteiger partial charge in [-0.15, -0.1) is 0 Å². The molecule has 0 saturated carbocycles. The van der Waals surface area contributed by atoms with Gasteiger partial charge in [0, 0.05) is 35.1 Å². The van der Waals surface area contributed by atoms with Gasteiger partial charge in [0.05, 0.1) is 22.0 Å². The molecule has 4 rings (SSSR count). The van der Waals surface area contributed by atoms with E-state index >= 15 is 0 Å². The van der Waals surface area contributed by atoms with Crippen LogP contribution in [0.3, 0.4) is 0 Å². The molecule has 3 aromatic rings. The molecule has 0 N–H and O–H groups in total. The summed E-state index contributed by atoms with van der Waals surface area (Å²) < 4.78 is 13.6. The Bertz CT molecular complexity index is 1070. The zero-order valence-electron chi connectivity index (χ0n) is 16.2. The maximum Gasteiger partial charge on any atom is 0.225 e. The molecule has 0 unspecified atom stereocenters. The van der Waals surface area contributed by atoms with Crippen molar-refractivity contribution >= 4 is 39.9 Å². The van der Waals surface area contributed by atoms with Crippen molar-refractivity contribution in [3.8, 4) is 5.88 Å². The topological polar surface area (TPSA) is 66.2 Å². The van der Waals surface area contributed by atoms with Gasteiger partial charge in [0.25, 0.3) is 0 Å². The molecule has 1 fully saturated rings. The van der Waals surface area contributed by atoms with Crippen LogP contribution >= 0.6 is 23.2 Å². The minimum atomic E-state index is -0.138. The number of rotatable bonds is 6. The fourth-order valence-corrected chi connectivity index (χ4v) is 4.29. The molecule has 1 saturated heterocycles. The Balaban J connectivity index is 1.53. The van der Waals surface area contributed by atoms with Crippen molar-refractivity contribution in [2.75, 3.05) is 13.2 Å². The van der Waals surface area contributed by atoms with E-state index < -0.39 is 0 Å². The average Bonchev–Trinajstić information content (AvgIpc) is 3.30. The minimum absolute atomic E-state index is 0.114. The molecule has 29 heavy (non-hydrogen) atoms. The van der Waals surface area contributed by atoms with Crippen LogP contribution in [0, 0.1) is 13.8 Å². The van der Waals surface area contributed by atoms with Crippen LogP contribution in [0.1, 0.15) is 34.6 Å². The highest BCUT2D eigenvalue weighted by molar-refractivity contribution is 6.38. The predicted octanol–water partition coefficient (Wildman–Crippen LogP) is 4.80. The number of ether oxygens (including phenoxy) is 2. The number of carbonyl (C=O) groups is 1. The normalized spacial score (nSPS) is 16.5. The molecule has 3 heterocycles. The largest absolute Gasteiger partial charge is 0.469 e. The summed E-state index contributed by atoms with van der Waals surface area (Å²) >= 11 is 12.3. The molecule has 1 atom stereocenters. The summed E-state index contributed by atoms with van der Waals surface area (Å²) in [5, 5.41) is 1.43. The standard InChI is InChI=1S/C21H21Cl2N3O3/c1-12-6-16(13(2)26(12)9-15-4-3-5-28-15)19(27)10-29-21-17-7-14(22)8-18(23)20(17)24-11-25-21/h6-8,11,15H,3-5,9-10H2,1-2H3/t15-/m1/s1. The number of aryl methyl sites for hydroxylation is 1. The highest BCUT2D eigenvalue weighted by Gasteiger charge is 2.21. The predicted molar refractivity (Wildman–Crippen MR) is 112 cm³/mol. The van der Waals surface area contributed by atoms with Crippen molar-refractivity contribution in [3.63, 3.8) is 0 Å². The number of halogens is 2. The van der Waals surface area contributed by atoms with Gasteiger partial charge in [0.15, 0.2) is 6.61 Å². The molecule has 0 bridgehead atoms. The zero-order valence-corrected chi connectivity index (χ0v) is 17.8. The fourth-order valence-electron chi connectivity index (χ4n) is 3.75. The van der Waals surface area contributed by atoms with Crippen molar-refractivity contribution in [1.29, 1.82) is 0 Å². The Kier molecular flexibility index (Phi) is 5.76. The van der Waals surface area contributed by atoms with Gasteiger partial charge in [0.2, 0.25) is 11.7 Å². The van der Waals surface area contributed by atoms with E-state index in [-0.39, 0.29) is 24.4 Å². The first-order valence-corrected chi connectivity index (χ1v) is 10.2. The number of hydrogen-bond acceptors (Lipinski definition) is 5. The van der Waals surface area contributed by atoms with Crippen molar-refractivity contribution in [2.24, 2.45) is 0 Å². The lowest BCUT2D eigenvalue weighted by molar-refractivity contribution is 0.0912. The van der Waals surface area contributed by atoms with Gasteiger partial charge in [-0.2, -0.15) is 0 Å². The van der Waals surface area contributed by atoms with Crippen molar-refractivity contribution in [2.45, 2.75) is 39.3 Å². The lowest BCUT2D eigenvalue weighted by atomic mass is 10.1. The number of benzene rings is 1. The van der Waals surface area contributed by atoms with Crippen LogP contribution in [0.2, 0.25) is 10.0 Å². The first-order valence-electron chi connectivity index (χ1n) is 9.48. The second kappa shape index (κ2) is 8.30. The number of Topliss-reactive ketones (excluding diaryl/α,β-unsaturated/α-hetero) is 1. The Hall–Kier alpha value is -2.15. The van der Waals surface area contributed by atoms with Crippen LogP contribution < -0.4 is 4.74 Å². The van der Waals surface area contributed by atoms with E-state index in [4.69, 9.17) is 32.7 Å². The van der Waals surface area contributed by atoms with Gasteiger partial charge in [-0.1, -0.05) is 23.2 Å². The number of aromatic nitrogens is 3. The van der Waals surface area contributed by atoms with Gasteiger partial charge in [0.1, 0.15) is 6.33 Å². The van der Waals surface area contributed by atoms with Crippen LogP contribution in [-0.2, 0) is 11.3 Å². The fraction of sp³-hybridized carbons (Fsp3) is 0.381. The van der Waals surface area contributed by atoms with Crippen LogP contribution in [0.4, 0.5) is 0 Å². The van der Waals surface area contributed by atoms with Gasteiger partial charge >= 0.3 is 0 Å². The number of nitrogens with zero attached hydrogens (tertiary/aromatic N) is 3. The average molecular weight is 434 g/mol. The van der Waals surface area contributed by atoms with Crippen molar-refractivity contribution in [1.82, 2.24) is 14.5 Å². The zero-order chi connectivity index (χ0) is 20.5. The van der Waals surface area contributed by atoms with Crippen LogP contribution in [0.5, 0.6) is 5.88 Å². The third kappa shape index (κ3) is 4.10. The Morgan fingerprint density at radius 3 is 2.86 bits per heavy atom. The van der Waals surface area contributed by atoms with E-state index in [9.17, 15) is 4.79 Å². The SMILES string of the molecule is Cc1cc(C(=O)COc2ncnc3c(Cl)cc(Cl)cc23)c(C)n1C[C@H]1CCCO1. The minimum Gasteiger partial charge on any atom is -0.469 e.